The molecule has 2 aromatic carbocycles. The molecule has 2 heteroatoms. The Morgan fingerprint density at radius 2 is 1.80 bits per heavy atom. The van der Waals surface area contributed by atoms with Crippen molar-refractivity contribution in [2.24, 2.45) is 0 Å². The van der Waals surface area contributed by atoms with Crippen LogP contribution in [0.5, 0.6) is 0 Å². The van der Waals surface area contributed by atoms with E-state index in [1.54, 1.807) is 30.3 Å². The van der Waals surface area contributed by atoms with Crippen LogP contribution in [-0.4, -0.2) is 5.78 Å². The van der Waals surface area contributed by atoms with Crippen LogP contribution in [0.15, 0.2) is 53.0 Å². The van der Waals surface area contributed by atoms with Gasteiger partial charge in [-0.1, -0.05) is 34.1 Å². The van der Waals surface area contributed by atoms with E-state index in [1.807, 2.05) is 18.2 Å². The Bertz CT molecular complexity index is 460. The molecule has 2 rings (SSSR count). The molecule has 0 heterocycles. The summed E-state index contributed by atoms with van der Waals surface area (Å²) in [4.78, 5) is 11.9. The Kier molecular flexibility index (Phi) is 2.97. The molecule has 1 nitrogen and oxygen atoms in total. The molecular weight excluding hydrogens is 252 g/mol. The zero-order valence-electron chi connectivity index (χ0n) is 7.91. The number of ketones is 1. The predicted octanol–water partition coefficient (Wildman–Crippen LogP) is 3.48. The molecule has 15 heavy (non-hydrogen) atoms. The molecule has 0 bridgehead atoms. The Balaban J connectivity index is 2.33. The van der Waals surface area contributed by atoms with Gasteiger partial charge in [-0.15, -0.1) is 0 Å². The highest BCUT2D eigenvalue weighted by Crippen LogP contribution is 2.13. The Morgan fingerprint density at radius 1 is 1.07 bits per heavy atom. The SMILES string of the molecule is O=C(c1c[c]ccc1)c1ccc(Br)cc1. The lowest BCUT2D eigenvalue weighted by Gasteiger charge is -2.00. The third-order valence-corrected chi connectivity index (χ3v) is 2.60. The minimum absolute atomic E-state index is 0.0272. The van der Waals surface area contributed by atoms with Gasteiger partial charge >= 0.3 is 0 Å². The van der Waals surface area contributed by atoms with Gasteiger partial charge in [0, 0.05) is 15.6 Å². The van der Waals surface area contributed by atoms with E-state index in [9.17, 15) is 4.79 Å². The number of carbonyl (C=O) groups is 1. The van der Waals surface area contributed by atoms with E-state index in [-0.39, 0.29) is 5.78 Å². The number of halogens is 1. The first-order valence-corrected chi connectivity index (χ1v) is 5.33. The van der Waals surface area contributed by atoms with Crippen LogP contribution in [0.1, 0.15) is 15.9 Å². The van der Waals surface area contributed by atoms with Gasteiger partial charge in [-0.05, 0) is 36.4 Å². The molecular formula is C13H8BrO. The second kappa shape index (κ2) is 4.41. The van der Waals surface area contributed by atoms with E-state index in [1.165, 1.54) is 0 Å². The zero-order chi connectivity index (χ0) is 10.7. The van der Waals surface area contributed by atoms with Crippen molar-refractivity contribution in [1.29, 1.82) is 0 Å². The molecule has 2 aromatic rings. The number of carbonyl (C=O) groups excluding carboxylic acids is 1. The average molecular weight is 260 g/mol. The van der Waals surface area contributed by atoms with Crippen molar-refractivity contribution in [1.82, 2.24) is 0 Å². The first kappa shape index (κ1) is 10.1. The largest absolute Gasteiger partial charge is 0.289 e. The van der Waals surface area contributed by atoms with Crippen LogP contribution in [0.4, 0.5) is 0 Å². The molecule has 0 aliphatic rings. The fraction of sp³-hybridized carbons (Fsp3) is 0. The van der Waals surface area contributed by atoms with E-state index in [0.29, 0.717) is 11.1 Å². The standard InChI is InChI=1S/C13H8BrO/c14-12-8-6-11(7-9-12)13(15)10-4-2-1-3-5-10/h1-2,4-9H. The van der Waals surface area contributed by atoms with E-state index in [4.69, 9.17) is 0 Å². The molecule has 0 saturated heterocycles. The van der Waals surface area contributed by atoms with Crippen LogP contribution in [0.3, 0.4) is 0 Å². The molecule has 0 amide bonds. The highest BCUT2D eigenvalue weighted by molar-refractivity contribution is 9.10. The first-order valence-electron chi connectivity index (χ1n) is 4.54. The van der Waals surface area contributed by atoms with Gasteiger partial charge in [0.2, 0.25) is 0 Å². The first-order chi connectivity index (χ1) is 7.27. The van der Waals surface area contributed by atoms with Crippen LogP contribution in [0.2, 0.25) is 0 Å². The zero-order valence-corrected chi connectivity index (χ0v) is 9.49. The van der Waals surface area contributed by atoms with Crippen molar-refractivity contribution in [3.63, 3.8) is 0 Å². The summed E-state index contributed by atoms with van der Waals surface area (Å²) in [5.41, 5.74) is 1.36. The van der Waals surface area contributed by atoms with E-state index in [0.717, 1.165) is 4.47 Å². The summed E-state index contributed by atoms with van der Waals surface area (Å²) >= 11 is 3.33. The highest BCUT2D eigenvalue weighted by Gasteiger charge is 2.07. The second-order valence-corrected chi connectivity index (χ2v) is 4.04. The summed E-state index contributed by atoms with van der Waals surface area (Å²) in [7, 11) is 0. The molecule has 0 fully saturated rings. The third-order valence-electron chi connectivity index (χ3n) is 2.08. The minimum atomic E-state index is 0.0272. The second-order valence-electron chi connectivity index (χ2n) is 3.13. The van der Waals surface area contributed by atoms with Crippen LogP contribution < -0.4 is 0 Å². The van der Waals surface area contributed by atoms with Crippen LogP contribution in [-0.2, 0) is 0 Å². The maximum atomic E-state index is 11.9. The number of rotatable bonds is 2. The van der Waals surface area contributed by atoms with Crippen molar-refractivity contribution in [2.45, 2.75) is 0 Å². The molecule has 0 saturated carbocycles. The molecule has 0 N–H and O–H groups in total. The van der Waals surface area contributed by atoms with Gasteiger partial charge in [0.25, 0.3) is 0 Å². The molecule has 0 atom stereocenters. The lowest BCUT2D eigenvalue weighted by molar-refractivity contribution is 0.103. The van der Waals surface area contributed by atoms with Gasteiger partial charge in [-0.3, -0.25) is 4.79 Å². The van der Waals surface area contributed by atoms with Crippen LogP contribution >= 0.6 is 15.9 Å². The molecule has 0 aliphatic heterocycles. The topological polar surface area (TPSA) is 17.1 Å². The van der Waals surface area contributed by atoms with Gasteiger partial charge < -0.3 is 0 Å². The van der Waals surface area contributed by atoms with Gasteiger partial charge in [-0.2, -0.15) is 0 Å². The molecule has 0 aliphatic carbocycles. The van der Waals surface area contributed by atoms with E-state index >= 15 is 0 Å². The Labute approximate surface area is 96.9 Å². The summed E-state index contributed by atoms with van der Waals surface area (Å²) in [6, 6.07) is 17.3. The van der Waals surface area contributed by atoms with Crippen molar-refractivity contribution in [2.75, 3.05) is 0 Å². The fourth-order valence-electron chi connectivity index (χ4n) is 1.30. The van der Waals surface area contributed by atoms with E-state index < -0.39 is 0 Å². The third kappa shape index (κ3) is 2.34. The quantitative estimate of drug-likeness (QED) is 0.755. The lowest BCUT2D eigenvalue weighted by Crippen LogP contribution is -2.00. The van der Waals surface area contributed by atoms with Crippen molar-refractivity contribution >= 4 is 21.7 Å². The van der Waals surface area contributed by atoms with Crippen molar-refractivity contribution < 1.29 is 4.79 Å². The summed E-state index contributed by atoms with van der Waals surface area (Å²) in [6.45, 7) is 0. The normalized spacial score (nSPS) is 9.93. The number of benzene rings is 2. The van der Waals surface area contributed by atoms with Crippen molar-refractivity contribution in [3.05, 3.63) is 70.2 Å². The monoisotopic (exact) mass is 259 g/mol. The fourth-order valence-corrected chi connectivity index (χ4v) is 1.57. The van der Waals surface area contributed by atoms with Crippen LogP contribution in [0, 0.1) is 6.07 Å². The Hall–Kier alpha value is -1.41. The number of hydrogen-bond acceptors (Lipinski definition) is 1. The smallest absolute Gasteiger partial charge is 0.193 e. The molecule has 73 valence electrons. The Morgan fingerprint density at radius 3 is 2.40 bits per heavy atom. The maximum absolute atomic E-state index is 11.9. The molecule has 0 unspecified atom stereocenters. The summed E-state index contributed by atoms with van der Waals surface area (Å²) in [5, 5.41) is 0. The predicted molar refractivity (Wildman–Crippen MR) is 62.9 cm³/mol. The molecule has 1 radical (unpaired) electrons. The average Bonchev–Trinajstić information content (AvgIpc) is 2.30. The maximum Gasteiger partial charge on any atom is 0.193 e. The molecule has 0 spiro atoms. The summed E-state index contributed by atoms with van der Waals surface area (Å²) < 4.78 is 0.971. The molecule has 0 aromatic heterocycles. The van der Waals surface area contributed by atoms with Gasteiger partial charge in [0.05, 0.1) is 0 Å². The van der Waals surface area contributed by atoms with Gasteiger partial charge in [0.1, 0.15) is 0 Å². The van der Waals surface area contributed by atoms with Crippen molar-refractivity contribution in [3.8, 4) is 0 Å². The minimum Gasteiger partial charge on any atom is -0.289 e. The van der Waals surface area contributed by atoms with Gasteiger partial charge in [-0.25, -0.2) is 0 Å². The summed E-state index contributed by atoms with van der Waals surface area (Å²) in [6.07, 6.45) is 0. The van der Waals surface area contributed by atoms with E-state index in [2.05, 4.69) is 22.0 Å². The van der Waals surface area contributed by atoms with Gasteiger partial charge in [0.15, 0.2) is 5.78 Å². The highest BCUT2D eigenvalue weighted by atomic mass is 79.9. The lowest BCUT2D eigenvalue weighted by atomic mass is 10.0. The van der Waals surface area contributed by atoms with Crippen LogP contribution in [0.25, 0.3) is 0 Å². The number of hydrogen-bond donors (Lipinski definition) is 0. The summed E-state index contributed by atoms with van der Waals surface area (Å²) in [5.74, 6) is 0.0272.